The van der Waals surface area contributed by atoms with Gasteiger partial charge < -0.3 is 0 Å². The van der Waals surface area contributed by atoms with Crippen molar-refractivity contribution in [1.29, 1.82) is 0 Å². The molecule has 0 aromatic rings. The van der Waals surface area contributed by atoms with Crippen molar-refractivity contribution in [1.82, 2.24) is 0 Å². The second-order valence-corrected chi connectivity index (χ2v) is 1.38. The van der Waals surface area contributed by atoms with Crippen LogP contribution in [0.3, 0.4) is 0 Å². The molecule has 0 saturated heterocycles. The fourth-order valence-corrected chi connectivity index (χ4v) is 0.418. The minimum absolute atomic E-state index is 1.03. The summed E-state index contributed by atoms with van der Waals surface area (Å²) >= 11 is 0. The summed E-state index contributed by atoms with van der Waals surface area (Å²) in [6.45, 7) is 4.07. The molecule has 0 nitrogen and oxygen atoms in total. The van der Waals surface area contributed by atoms with Gasteiger partial charge in [0.05, 0.1) is 7.17 Å². The standard InChI is InChI=1S/C5H9B2/c1-3-5(4-2)7-6/h3H,4H2,1-2H3/b5-3+. The van der Waals surface area contributed by atoms with Gasteiger partial charge in [0.15, 0.2) is 0 Å². The van der Waals surface area contributed by atoms with E-state index in [2.05, 4.69) is 6.92 Å². The Labute approximate surface area is 47.6 Å². The van der Waals surface area contributed by atoms with Crippen LogP contribution in [0.25, 0.3) is 0 Å². The predicted molar refractivity (Wildman–Crippen MR) is 35.6 cm³/mol. The summed E-state index contributed by atoms with van der Waals surface area (Å²) in [5.74, 6) is 0. The van der Waals surface area contributed by atoms with Gasteiger partial charge in [-0.1, -0.05) is 13.0 Å². The first-order valence-electron chi connectivity index (χ1n) is 2.55. The van der Waals surface area contributed by atoms with Gasteiger partial charge in [-0.05, 0) is 13.3 Å². The van der Waals surface area contributed by atoms with Crippen molar-refractivity contribution in [2.75, 3.05) is 0 Å². The highest BCUT2D eigenvalue weighted by Gasteiger charge is 1.83. The SMILES string of the molecule is [B][B]/C(=C/C)CC. The van der Waals surface area contributed by atoms with Crippen LogP contribution in [0.4, 0.5) is 0 Å². The second-order valence-electron chi connectivity index (χ2n) is 1.38. The van der Waals surface area contributed by atoms with Crippen LogP contribution in [0.15, 0.2) is 11.5 Å². The van der Waals surface area contributed by atoms with Gasteiger partial charge in [0.25, 0.3) is 0 Å². The van der Waals surface area contributed by atoms with Crippen LogP contribution in [0.1, 0.15) is 20.3 Å². The van der Waals surface area contributed by atoms with Crippen molar-refractivity contribution in [3.63, 3.8) is 0 Å². The Morgan fingerprint density at radius 1 is 1.86 bits per heavy atom. The van der Waals surface area contributed by atoms with Gasteiger partial charge in [-0.15, -0.1) is 5.47 Å². The Balaban J connectivity index is 3.38. The summed E-state index contributed by atoms with van der Waals surface area (Å²) in [4.78, 5) is 0. The minimum atomic E-state index is 1.03. The molecular formula is C5H9B2. The van der Waals surface area contributed by atoms with E-state index < -0.39 is 0 Å². The predicted octanol–water partition coefficient (Wildman–Crippen LogP) is 1.09. The Morgan fingerprint density at radius 3 is 2.43 bits per heavy atom. The number of hydrogen-bond acceptors (Lipinski definition) is 0. The summed E-state index contributed by atoms with van der Waals surface area (Å²) in [5.41, 5.74) is 1.21. The van der Waals surface area contributed by atoms with Crippen molar-refractivity contribution >= 4 is 14.9 Å². The Kier molecular flexibility index (Phi) is 3.97. The zero-order valence-electron chi connectivity index (χ0n) is 4.94. The van der Waals surface area contributed by atoms with E-state index in [1.54, 1.807) is 7.17 Å². The van der Waals surface area contributed by atoms with E-state index in [1.165, 1.54) is 5.47 Å². The van der Waals surface area contributed by atoms with Crippen LogP contribution in [0.5, 0.6) is 0 Å². The molecule has 3 radical (unpaired) electrons. The fraction of sp³-hybridized carbons (Fsp3) is 0.600. The highest BCUT2D eigenvalue weighted by atomic mass is 13.7. The molecule has 0 amide bonds. The molecule has 0 aliphatic heterocycles. The topological polar surface area (TPSA) is 0 Å². The average Bonchev–Trinajstić information content (AvgIpc) is 1.72. The van der Waals surface area contributed by atoms with E-state index in [0.29, 0.717) is 0 Å². The molecule has 0 aromatic carbocycles. The van der Waals surface area contributed by atoms with Gasteiger partial charge in [0, 0.05) is 7.74 Å². The molecule has 0 unspecified atom stereocenters. The fourth-order valence-electron chi connectivity index (χ4n) is 0.418. The highest BCUT2D eigenvalue weighted by molar-refractivity contribution is 6.93. The Bertz CT molecular complexity index is 60.5. The van der Waals surface area contributed by atoms with Gasteiger partial charge >= 0.3 is 0 Å². The summed E-state index contributed by atoms with van der Waals surface area (Å²) in [6, 6.07) is 0. The summed E-state index contributed by atoms with van der Waals surface area (Å²) in [7, 11) is 6.84. The van der Waals surface area contributed by atoms with Crippen LogP contribution in [-0.4, -0.2) is 14.9 Å². The largest absolute Gasteiger partial charge is 0.123 e. The molecule has 0 saturated carbocycles. The van der Waals surface area contributed by atoms with E-state index >= 15 is 0 Å². The lowest BCUT2D eigenvalue weighted by Crippen LogP contribution is -1.92. The average molecular weight is 90.8 g/mol. The first-order chi connectivity index (χ1) is 3.35. The molecule has 0 aliphatic rings. The van der Waals surface area contributed by atoms with E-state index in [1.807, 2.05) is 13.0 Å². The quantitative estimate of drug-likeness (QED) is 0.446. The minimum Gasteiger partial charge on any atom is -0.123 e. The van der Waals surface area contributed by atoms with Crippen LogP contribution >= 0.6 is 0 Å². The van der Waals surface area contributed by atoms with Crippen LogP contribution in [0, 0.1) is 0 Å². The highest BCUT2D eigenvalue weighted by Crippen LogP contribution is 1.93. The lowest BCUT2D eigenvalue weighted by molar-refractivity contribution is 1.18. The van der Waals surface area contributed by atoms with E-state index in [9.17, 15) is 0 Å². The molecule has 7 heavy (non-hydrogen) atoms. The maximum Gasteiger partial charge on any atom is 0.0896 e. The molecule has 0 bridgehead atoms. The summed E-state index contributed by atoms with van der Waals surface area (Å²) in [5, 5.41) is 0. The zero-order chi connectivity index (χ0) is 5.70. The molecule has 35 valence electrons. The van der Waals surface area contributed by atoms with Gasteiger partial charge in [0.1, 0.15) is 0 Å². The van der Waals surface area contributed by atoms with Gasteiger partial charge in [0.2, 0.25) is 0 Å². The monoisotopic (exact) mass is 91.1 g/mol. The first-order valence-corrected chi connectivity index (χ1v) is 2.55. The number of hydrogen-bond donors (Lipinski definition) is 0. The third-order valence-electron chi connectivity index (χ3n) is 0.993. The number of rotatable bonds is 2. The molecular weight excluding hydrogens is 81.7 g/mol. The Hall–Kier alpha value is -0.130. The third kappa shape index (κ3) is 2.55. The molecule has 2 heteroatoms. The molecule has 0 N–H and O–H groups in total. The van der Waals surface area contributed by atoms with E-state index in [-0.39, 0.29) is 0 Å². The normalized spacial score (nSPS) is 11.4. The smallest absolute Gasteiger partial charge is 0.0896 e. The van der Waals surface area contributed by atoms with Crippen molar-refractivity contribution in [3.05, 3.63) is 11.5 Å². The van der Waals surface area contributed by atoms with Crippen LogP contribution in [-0.2, 0) is 0 Å². The van der Waals surface area contributed by atoms with Gasteiger partial charge in [-0.25, -0.2) is 0 Å². The second kappa shape index (κ2) is 4.04. The third-order valence-corrected chi connectivity index (χ3v) is 0.993. The van der Waals surface area contributed by atoms with Crippen molar-refractivity contribution in [3.8, 4) is 0 Å². The zero-order valence-corrected chi connectivity index (χ0v) is 4.94. The lowest BCUT2D eigenvalue weighted by Gasteiger charge is -1.92. The van der Waals surface area contributed by atoms with E-state index in [4.69, 9.17) is 7.74 Å². The van der Waals surface area contributed by atoms with E-state index in [0.717, 1.165) is 6.42 Å². The van der Waals surface area contributed by atoms with Crippen LogP contribution < -0.4 is 0 Å². The number of allylic oxidation sites excluding steroid dienone is 2. The maximum atomic E-state index is 5.20. The van der Waals surface area contributed by atoms with Crippen molar-refractivity contribution in [2.45, 2.75) is 20.3 Å². The summed E-state index contributed by atoms with van der Waals surface area (Å²) in [6.07, 6.45) is 3.05. The van der Waals surface area contributed by atoms with Crippen molar-refractivity contribution < 1.29 is 0 Å². The molecule has 0 heterocycles. The molecule has 0 fully saturated rings. The van der Waals surface area contributed by atoms with Gasteiger partial charge in [-0.3, -0.25) is 0 Å². The lowest BCUT2D eigenvalue weighted by atomic mass is 9.50. The molecule has 0 spiro atoms. The molecule has 0 aromatic heterocycles. The molecule has 0 atom stereocenters. The first kappa shape index (κ1) is 6.87. The maximum absolute atomic E-state index is 5.20. The molecule has 0 rings (SSSR count). The van der Waals surface area contributed by atoms with Crippen LogP contribution in [0.2, 0.25) is 0 Å². The Morgan fingerprint density at radius 2 is 2.43 bits per heavy atom. The van der Waals surface area contributed by atoms with Crippen molar-refractivity contribution in [2.24, 2.45) is 0 Å². The summed E-state index contributed by atoms with van der Waals surface area (Å²) < 4.78 is 0. The molecule has 0 aliphatic carbocycles. The van der Waals surface area contributed by atoms with Gasteiger partial charge in [-0.2, -0.15) is 0 Å².